The molecular formula is C13H19F2NO3S. The fourth-order valence-corrected chi connectivity index (χ4v) is 2.79. The fourth-order valence-electron chi connectivity index (χ4n) is 1.61. The topological polar surface area (TPSA) is 66.4 Å². The molecule has 7 heteroatoms. The molecule has 1 unspecified atom stereocenters. The molecule has 1 atom stereocenters. The molecule has 114 valence electrons. The molecule has 0 spiro atoms. The highest BCUT2D eigenvalue weighted by atomic mass is 32.2. The van der Waals surface area contributed by atoms with E-state index in [0.29, 0.717) is 0 Å². The van der Waals surface area contributed by atoms with Crippen LogP contribution < -0.4 is 4.72 Å². The van der Waals surface area contributed by atoms with E-state index in [-0.39, 0.29) is 18.9 Å². The minimum absolute atomic E-state index is 0.0171. The van der Waals surface area contributed by atoms with E-state index in [1.807, 2.05) is 13.8 Å². The average Bonchev–Trinajstić information content (AvgIpc) is 2.33. The Morgan fingerprint density at radius 2 is 1.80 bits per heavy atom. The molecule has 0 saturated carbocycles. The third-order valence-corrected chi connectivity index (χ3v) is 4.24. The van der Waals surface area contributed by atoms with E-state index in [9.17, 15) is 22.3 Å². The van der Waals surface area contributed by atoms with Gasteiger partial charge >= 0.3 is 0 Å². The number of aliphatic hydroxyl groups excluding tert-OH is 1. The predicted octanol–water partition coefficient (Wildman–Crippen LogP) is 1.79. The van der Waals surface area contributed by atoms with Crippen molar-refractivity contribution in [3.8, 4) is 0 Å². The number of benzene rings is 1. The molecule has 0 amide bonds. The second-order valence-electron chi connectivity index (χ2n) is 4.95. The summed E-state index contributed by atoms with van der Waals surface area (Å²) in [6, 6.07) is 3.19. The maximum atomic E-state index is 13.4. The van der Waals surface area contributed by atoms with Gasteiger partial charge in [0.1, 0.15) is 11.6 Å². The van der Waals surface area contributed by atoms with Crippen molar-refractivity contribution in [1.82, 2.24) is 4.72 Å². The maximum absolute atomic E-state index is 13.4. The van der Waals surface area contributed by atoms with Crippen LogP contribution in [0.3, 0.4) is 0 Å². The van der Waals surface area contributed by atoms with Crippen LogP contribution in [0, 0.1) is 17.6 Å². The van der Waals surface area contributed by atoms with E-state index in [1.54, 1.807) is 0 Å². The summed E-state index contributed by atoms with van der Waals surface area (Å²) in [5.41, 5.74) is -0.482. The molecule has 0 heterocycles. The van der Waals surface area contributed by atoms with Crippen LogP contribution >= 0.6 is 0 Å². The van der Waals surface area contributed by atoms with Gasteiger partial charge in [-0.2, -0.15) is 0 Å². The molecule has 1 aromatic carbocycles. The predicted molar refractivity (Wildman–Crippen MR) is 72.4 cm³/mol. The zero-order valence-electron chi connectivity index (χ0n) is 11.4. The van der Waals surface area contributed by atoms with Crippen molar-refractivity contribution in [2.75, 3.05) is 6.54 Å². The number of rotatable bonds is 7. The SMILES string of the molecule is CC(C)C(O)CCNS(=O)(=O)Cc1c(F)cccc1F. The average molecular weight is 307 g/mol. The van der Waals surface area contributed by atoms with Gasteiger partial charge < -0.3 is 5.11 Å². The largest absolute Gasteiger partial charge is 0.393 e. The Hall–Kier alpha value is -1.05. The van der Waals surface area contributed by atoms with Crippen molar-refractivity contribution in [3.05, 3.63) is 35.4 Å². The van der Waals surface area contributed by atoms with Gasteiger partial charge in [-0.05, 0) is 24.5 Å². The van der Waals surface area contributed by atoms with Crippen molar-refractivity contribution in [2.24, 2.45) is 5.92 Å². The van der Waals surface area contributed by atoms with Crippen LogP contribution in [0.2, 0.25) is 0 Å². The summed E-state index contributed by atoms with van der Waals surface area (Å²) in [5.74, 6) is -2.53. The molecule has 1 rings (SSSR count). The minimum Gasteiger partial charge on any atom is -0.393 e. The van der Waals surface area contributed by atoms with E-state index in [4.69, 9.17) is 0 Å². The van der Waals surface area contributed by atoms with Crippen molar-refractivity contribution in [1.29, 1.82) is 0 Å². The number of sulfonamides is 1. The van der Waals surface area contributed by atoms with Crippen molar-refractivity contribution in [2.45, 2.75) is 32.1 Å². The molecule has 0 aromatic heterocycles. The molecule has 0 radical (unpaired) electrons. The number of aliphatic hydroxyl groups is 1. The number of nitrogens with one attached hydrogen (secondary N) is 1. The van der Waals surface area contributed by atoms with E-state index < -0.39 is 39.1 Å². The standard InChI is InChI=1S/C13H19F2NO3S/c1-9(2)13(17)6-7-16-20(18,19)8-10-11(14)4-3-5-12(10)15/h3-5,9,13,16-17H,6-8H2,1-2H3. The number of hydrogen-bond acceptors (Lipinski definition) is 3. The van der Waals surface area contributed by atoms with Gasteiger partial charge in [-0.25, -0.2) is 21.9 Å². The van der Waals surface area contributed by atoms with Gasteiger partial charge in [0.05, 0.1) is 11.9 Å². The summed E-state index contributed by atoms with van der Waals surface area (Å²) in [6.45, 7) is 3.65. The van der Waals surface area contributed by atoms with Gasteiger partial charge in [-0.1, -0.05) is 19.9 Å². The van der Waals surface area contributed by atoms with Crippen molar-refractivity contribution < 1.29 is 22.3 Å². The first-order valence-corrected chi connectivity index (χ1v) is 7.96. The summed E-state index contributed by atoms with van der Waals surface area (Å²) in [4.78, 5) is 0. The Kier molecular flexibility index (Phi) is 6.04. The first-order valence-electron chi connectivity index (χ1n) is 6.31. The zero-order chi connectivity index (χ0) is 15.3. The van der Waals surface area contributed by atoms with Crippen LogP contribution in [0.15, 0.2) is 18.2 Å². The Morgan fingerprint density at radius 1 is 1.25 bits per heavy atom. The van der Waals surface area contributed by atoms with E-state index in [1.165, 1.54) is 6.07 Å². The Labute approximate surface area is 117 Å². The second-order valence-corrected chi connectivity index (χ2v) is 6.76. The maximum Gasteiger partial charge on any atom is 0.215 e. The van der Waals surface area contributed by atoms with E-state index in [0.717, 1.165) is 12.1 Å². The molecule has 0 fully saturated rings. The van der Waals surface area contributed by atoms with Crippen molar-refractivity contribution >= 4 is 10.0 Å². The van der Waals surface area contributed by atoms with Crippen LogP contribution in [0.1, 0.15) is 25.8 Å². The van der Waals surface area contributed by atoms with Gasteiger partial charge in [0.2, 0.25) is 10.0 Å². The van der Waals surface area contributed by atoms with Crippen LogP contribution in [0.4, 0.5) is 8.78 Å². The highest BCUT2D eigenvalue weighted by Crippen LogP contribution is 2.15. The molecule has 1 aromatic rings. The van der Waals surface area contributed by atoms with Gasteiger partial charge in [0, 0.05) is 12.1 Å². The molecule has 4 nitrogen and oxygen atoms in total. The second kappa shape index (κ2) is 7.10. The zero-order valence-corrected chi connectivity index (χ0v) is 12.3. The lowest BCUT2D eigenvalue weighted by Crippen LogP contribution is -2.30. The van der Waals surface area contributed by atoms with Gasteiger partial charge in [0.15, 0.2) is 0 Å². The summed E-state index contributed by atoms with van der Waals surface area (Å²) >= 11 is 0. The first-order chi connectivity index (χ1) is 9.23. The van der Waals surface area contributed by atoms with Gasteiger partial charge in [-0.15, -0.1) is 0 Å². The monoisotopic (exact) mass is 307 g/mol. The lowest BCUT2D eigenvalue weighted by molar-refractivity contribution is 0.118. The normalized spacial score (nSPS) is 13.7. The molecular weight excluding hydrogens is 288 g/mol. The summed E-state index contributed by atoms with van der Waals surface area (Å²) in [5, 5.41) is 9.55. The summed E-state index contributed by atoms with van der Waals surface area (Å²) in [6.07, 6.45) is -0.376. The highest BCUT2D eigenvalue weighted by Gasteiger charge is 2.18. The van der Waals surface area contributed by atoms with Crippen LogP contribution in [0.5, 0.6) is 0 Å². The Balaban J connectivity index is 2.62. The summed E-state index contributed by atoms with van der Waals surface area (Å²) in [7, 11) is -3.84. The number of halogens is 2. The number of hydrogen-bond donors (Lipinski definition) is 2. The molecule has 0 saturated heterocycles. The summed E-state index contributed by atoms with van der Waals surface area (Å²) < 4.78 is 52.4. The Bertz CT molecular complexity index is 526. The quantitative estimate of drug-likeness (QED) is 0.807. The lowest BCUT2D eigenvalue weighted by Gasteiger charge is -2.14. The van der Waals surface area contributed by atoms with Crippen LogP contribution in [-0.4, -0.2) is 26.2 Å². The molecule has 0 aliphatic heterocycles. The Morgan fingerprint density at radius 3 is 2.30 bits per heavy atom. The van der Waals surface area contributed by atoms with Crippen LogP contribution in [-0.2, 0) is 15.8 Å². The molecule has 2 N–H and O–H groups in total. The van der Waals surface area contributed by atoms with E-state index >= 15 is 0 Å². The minimum atomic E-state index is -3.84. The molecule has 0 aliphatic carbocycles. The van der Waals surface area contributed by atoms with E-state index in [2.05, 4.69) is 4.72 Å². The van der Waals surface area contributed by atoms with Gasteiger partial charge in [0.25, 0.3) is 0 Å². The highest BCUT2D eigenvalue weighted by molar-refractivity contribution is 7.88. The van der Waals surface area contributed by atoms with Gasteiger partial charge in [-0.3, -0.25) is 0 Å². The third-order valence-electron chi connectivity index (χ3n) is 2.93. The first kappa shape index (κ1) is 17.0. The smallest absolute Gasteiger partial charge is 0.215 e. The third kappa shape index (κ3) is 5.15. The molecule has 0 bridgehead atoms. The fraction of sp³-hybridized carbons (Fsp3) is 0.538. The lowest BCUT2D eigenvalue weighted by atomic mass is 10.1. The van der Waals surface area contributed by atoms with Crippen molar-refractivity contribution in [3.63, 3.8) is 0 Å². The molecule has 0 aliphatic rings. The van der Waals surface area contributed by atoms with Crippen LogP contribution in [0.25, 0.3) is 0 Å². The molecule has 20 heavy (non-hydrogen) atoms.